The summed E-state index contributed by atoms with van der Waals surface area (Å²) in [4.78, 5) is 13.9. The first-order chi connectivity index (χ1) is 21.5. The number of hydrogen-bond acceptors (Lipinski definition) is 11. The second kappa shape index (κ2) is 19.2. The molecule has 2 heterocycles. The number of nitrogens with one attached hydrogen (secondary N) is 3. The first kappa shape index (κ1) is 35.4. The SMILES string of the molecule is CCOP(=O)(CCN1CCN(c2cc(N)nc(NC[C@H]3CC[C@H](CNCCCNCC4CCCCC4)CC3)n2)CC1)OCC. The molecule has 0 amide bonds. The zero-order valence-corrected chi connectivity index (χ0v) is 28.5. The lowest BCUT2D eigenvalue weighted by molar-refractivity contribution is 0.209. The maximum Gasteiger partial charge on any atom is 0.331 e. The van der Waals surface area contributed by atoms with Crippen LogP contribution in [0.4, 0.5) is 17.6 Å². The highest BCUT2D eigenvalue weighted by Crippen LogP contribution is 2.47. The third-order valence-corrected chi connectivity index (χ3v) is 11.6. The van der Waals surface area contributed by atoms with E-state index in [1.54, 1.807) is 0 Å². The highest BCUT2D eigenvalue weighted by Gasteiger charge is 2.27. The Bertz CT molecular complexity index is 972. The van der Waals surface area contributed by atoms with Crippen molar-refractivity contribution < 1.29 is 13.6 Å². The minimum Gasteiger partial charge on any atom is -0.383 e. The molecule has 0 aromatic carbocycles. The molecule has 12 heteroatoms. The monoisotopic (exact) mass is 636 g/mol. The van der Waals surface area contributed by atoms with E-state index in [2.05, 4.69) is 30.7 Å². The van der Waals surface area contributed by atoms with Crippen LogP contribution in [0.25, 0.3) is 0 Å². The summed E-state index contributed by atoms with van der Waals surface area (Å²) >= 11 is 0. The Labute approximate surface area is 266 Å². The Kier molecular flexibility index (Phi) is 15.5. The van der Waals surface area contributed by atoms with E-state index in [1.807, 2.05) is 19.9 Å². The summed E-state index contributed by atoms with van der Waals surface area (Å²) in [5.41, 5.74) is 6.19. The Hall–Kier alpha value is -1.49. The number of nitrogen functional groups attached to an aromatic ring is 1. The van der Waals surface area contributed by atoms with Gasteiger partial charge < -0.3 is 35.6 Å². The number of nitrogens with two attached hydrogens (primary N) is 1. The molecule has 2 saturated carbocycles. The van der Waals surface area contributed by atoms with E-state index in [1.165, 1.54) is 70.8 Å². The van der Waals surface area contributed by atoms with Gasteiger partial charge in [0.15, 0.2) is 0 Å². The van der Waals surface area contributed by atoms with Crippen molar-refractivity contribution in [2.24, 2.45) is 17.8 Å². The van der Waals surface area contributed by atoms with Crippen molar-refractivity contribution in [2.45, 2.75) is 78.1 Å². The highest BCUT2D eigenvalue weighted by molar-refractivity contribution is 7.53. The predicted octanol–water partition coefficient (Wildman–Crippen LogP) is 4.81. The molecular formula is C32H61N8O3P. The molecule has 0 spiro atoms. The van der Waals surface area contributed by atoms with Gasteiger partial charge in [0, 0.05) is 45.3 Å². The highest BCUT2D eigenvalue weighted by atomic mass is 31.2. The van der Waals surface area contributed by atoms with Gasteiger partial charge in [-0.15, -0.1) is 0 Å². The quantitative estimate of drug-likeness (QED) is 0.123. The molecule has 44 heavy (non-hydrogen) atoms. The molecule has 11 nitrogen and oxygen atoms in total. The molecule has 1 saturated heterocycles. The largest absolute Gasteiger partial charge is 0.383 e. The van der Waals surface area contributed by atoms with Gasteiger partial charge in [0.25, 0.3) is 0 Å². The first-order valence-corrected chi connectivity index (χ1v) is 19.3. The second-order valence-corrected chi connectivity index (χ2v) is 15.2. The van der Waals surface area contributed by atoms with Crippen LogP contribution in [0.5, 0.6) is 0 Å². The van der Waals surface area contributed by atoms with E-state index in [9.17, 15) is 4.57 Å². The van der Waals surface area contributed by atoms with Crippen molar-refractivity contribution in [3.63, 3.8) is 0 Å². The molecule has 252 valence electrons. The van der Waals surface area contributed by atoms with E-state index in [0.717, 1.165) is 70.0 Å². The molecule has 1 aliphatic heterocycles. The number of nitrogens with zero attached hydrogens (tertiary/aromatic N) is 4. The summed E-state index contributed by atoms with van der Waals surface area (Å²) in [5, 5.41) is 10.9. The van der Waals surface area contributed by atoms with Gasteiger partial charge in [-0.25, -0.2) is 0 Å². The van der Waals surface area contributed by atoms with Gasteiger partial charge in [-0.1, -0.05) is 19.3 Å². The van der Waals surface area contributed by atoms with Gasteiger partial charge in [-0.05, 0) is 103 Å². The third-order valence-electron chi connectivity index (χ3n) is 9.58. The van der Waals surface area contributed by atoms with Crippen LogP contribution in [0, 0.1) is 17.8 Å². The second-order valence-electron chi connectivity index (χ2n) is 13.0. The van der Waals surface area contributed by atoms with E-state index in [0.29, 0.717) is 43.6 Å². The van der Waals surface area contributed by atoms with Crippen LogP contribution >= 0.6 is 7.60 Å². The Balaban J connectivity index is 1.08. The van der Waals surface area contributed by atoms with Crippen molar-refractivity contribution >= 4 is 25.2 Å². The molecule has 1 aromatic rings. The molecule has 3 aliphatic rings. The fourth-order valence-corrected chi connectivity index (χ4v) is 8.58. The van der Waals surface area contributed by atoms with Crippen LogP contribution in [0.2, 0.25) is 0 Å². The van der Waals surface area contributed by atoms with Gasteiger partial charge in [-0.3, -0.25) is 9.46 Å². The van der Waals surface area contributed by atoms with Crippen LogP contribution in [-0.4, -0.2) is 99.7 Å². The number of anilines is 3. The van der Waals surface area contributed by atoms with Crippen molar-refractivity contribution in [2.75, 3.05) is 101 Å². The number of piperazine rings is 1. The lowest BCUT2D eigenvalue weighted by Gasteiger charge is -2.36. The van der Waals surface area contributed by atoms with Gasteiger partial charge >= 0.3 is 7.60 Å². The van der Waals surface area contributed by atoms with Crippen LogP contribution < -0.4 is 26.6 Å². The summed E-state index contributed by atoms with van der Waals surface area (Å²) in [6, 6.07) is 1.87. The van der Waals surface area contributed by atoms with E-state index < -0.39 is 7.60 Å². The molecule has 0 unspecified atom stereocenters. The molecule has 2 aliphatic carbocycles. The van der Waals surface area contributed by atoms with Gasteiger partial charge in [0.1, 0.15) is 11.6 Å². The number of hydrogen-bond donors (Lipinski definition) is 4. The fourth-order valence-electron chi connectivity index (χ4n) is 6.94. The zero-order chi connectivity index (χ0) is 31.0. The lowest BCUT2D eigenvalue weighted by atomic mass is 9.82. The summed E-state index contributed by atoms with van der Waals surface area (Å²) in [6.07, 6.45) is 13.9. The summed E-state index contributed by atoms with van der Waals surface area (Å²) < 4.78 is 23.7. The average Bonchev–Trinajstić information content (AvgIpc) is 3.04. The van der Waals surface area contributed by atoms with Crippen LogP contribution in [0.3, 0.4) is 0 Å². The Morgan fingerprint density at radius 2 is 1.43 bits per heavy atom. The maximum atomic E-state index is 12.8. The van der Waals surface area contributed by atoms with Crippen molar-refractivity contribution in [1.82, 2.24) is 25.5 Å². The van der Waals surface area contributed by atoms with E-state index in [-0.39, 0.29) is 0 Å². The van der Waals surface area contributed by atoms with Gasteiger partial charge in [-0.2, -0.15) is 9.97 Å². The van der Waals surface area contributed by atoms with Crippen molar-refractivity contribution in [3.05, 3.63) is 6.07 Å². The van der Waals surface area contributed by atoms with Crippen LogP contribution in [0.1, 0.15) is 78.1 Å². The smallest absolute Gasteiger partial charge is 0.331 e. The number of aromatic nitrogens is 2. The molecule has 3 fully saturated rings. The average molecular weight is 637 g/mol. The van der Waals surface area contributed by atoms with Crippen LogP contribution in [0.15, 0.2) is 6.07 Å². The topological polar surface area (TPSA) is 130 Å². The predicted molar refractivity (Wildman–Crippen MR) is 182 cm³/mol. The van der Waals surface area contributed by atoms with Crippen molar-refractivity contribution in [3.8, 4) is 0 Å². The fraction of sp³-hybridized carbons (Fsp3) is 0.875. The van der Waals surface area contributed by atoms with Crippen molar-refractivity contribution in [1.29, 1.82) is 0 Å². The third kappa shape index (κ3) is 12.4. The molecule has 0 radical (unpaired) electrons. The summed E-state index contributed by atoms with van der Waals surface area (Å²) in [7, 11) is -3.02. The molecule has 0 bridgehead atoms. The Morgan fingerprint density at radius 3 is 2.05 bits per heavy atom. The maximum absolute atomic E-state index is 12.8. The minimum absolute atomic E-state index is 0.397. The molecule has 5 N–H and O–H groups in total. The lowest BCUT2D eigenvalue weighted by Crippen LogP contribution is -2.47. The van der Waals surface area contributed by atoms with Gasteiger partial charge in [0.2, 0.25) is 5.95 Å². The standard InChI is InChI=1S/C32H61N8O3P/c1-3-42-44(41,43-4-2)22-21-39-17-19-40(20-18-39)31-23-30(33)37-32(38-31)36-26-29-13-11-28(12-14-29)25-35-16-8-15-34-24-27-9-6-5-7-10-27/h23,27-29,34-35H,3-22,24-26H2,1-2H3,(H3,33,36,37,38)/t28-,29-. The summed E-state index contributed by atoms with van der Waals surface area (Å²) in [6.45, 7) is 14.1. The molecule has 1 aromatic heterocycles. The minimum atomic E-state index is -3.02. The normalized spacial score (nSPS) is 22.4. The van der Waals surface area contributed by atoms with E-state index in [4.69, 9.17) is 19.8 Å². The van der Waals surface area contributed by atoms with Gasteiger partial charge in [0.05, 0.1) is 19.4 Å². The molecule has 4 rings (SSSR count). The first-order valence-electron chi connectivity index (χ1n) is 17.6. The summed E-state index contributed by atoms with van der Waals surface area (Å²) in [5.74, 6) is 4.35. The molecular weight excluding hydrogens is 575 g/mol. The molecule has 0 atom stereocenters. The number of rotatable bonds is 19. The van der Waals surface area contributed by atoms with Crippen LogP contribution in [-0.2, 0) is 13.6 Å². The van der Waals surface area contributed by atoms with E-state index >= 15 is 0 Å². The Morgan fingerprint density at radius 1 is 0.841 bits per heavy atom. The zero-order valence-electron chi connectivity index (χ0n) is 27.6.